The number of fused-ring (bicyclic) bond motifs is 1. The highest BCUT2D eigenvalue weighted by Crippen LogP contribution is 2.28. The SMILES string of the molecule is Cn1cc(CN(C(=O)OC(C)(C)C)c2ccc(N3CCOCC3)cc2)c2ccc(C(=O)O)cc21. The number of morpholine rings is 1. The molecule has 1 aromatic heterocycles. The molecule has 8 heteroatoms. The van der Waals surface area contributed by atoms with Gasteiger partial charge in [0.05, 0.1) is 25.3 Å². The second kappa shape index (κ2) is 9.38. The zero-order chi connectivity index (χ0) is 24.5. The predicted octanol–water partition coefficient (Wildman–Crippen LogP) is 4.65. The molecule has 180 valence electrons. The Balaban J connectivity index is 1.67. The molecule has 2 heterocycles. The lowest BCUT2D eigenvalue weighted by Crippen LogP contribution is -2.37. The van der Waals surface area contributed by atoms with Gasteiger partial charge >= 0.3 is 12.1 Å². The second-order valence-corrected chi connectivity index (χ2v) is 9.48. The van der Waals surface area contributed by atoms with Crippen LogP contribution in [0.3, 0.4) is 0 Å². The number of anilines is 2. The van der Waals surface area contributed by atoms with Crippen molar-refractivity contribution in [2.24, 2.45) is 7.05 Å². The zero-order valence-corrected chi connectivity index (χ0v) is 20.1. The summed E-state index contributed by atoms with van der Waals surface area (Å²) < 4.78 is 13.0. The number of carboxylic acid groups (broad SMARTS) is 1. The van der Waals surface area contributed by atoms with Gasteiger partial charge in [-0.15, -0.1) is 0 Å². The fourth-order valence-electron chi connectivity index (χ4n) is 4.14. The molecule has 0 unspecified atom stereocenters. The largest absolute Gasteiger partial charge is 0.478 e. The van der Waals surface area contributed by atoms with Gasteiger partial charge in [-0.2, -0.15) is 0 Å². The van der Waals surface area contributed by atoms with Gasteiger partial charge in [-0.3, -0.25) is 4.90 Å². The van der Waals surface area contributed by atoms with E-state index in [2.05, 4.69) is 4.90 Å². The number of rotatable bonds is 5. The van der Waals surface area contributed by atoms with Crippen LogP contribution in [-0.4, -0.2) is 53.6 Å². The van der Waals surface area contributed by atoms with Gasteiger partial charge in [0.15, 0.2) is 0 Å². The number of nitrogens with zero attached hydrogens (tertiary/aromatic N) is 3. The van der Waals surface area contributed by atoms with E-state index in [9.17, 15) is 14.7 Å². The number of benzene rings is 2. The summed E-state index contributed by atoms with van der Waals surface area (Å²) in [5.41, 5.74) is 3.09. The van der Waals surface area contributed by atoms with Crippen molar-refractivity contribution in [3.05, 3.63) is 59.8 Å². The molecular formula is C26H31N3O5. The van der Waals surface area contributed by atoms with Crippen molar-refractivity contribution in [2.45, 2.75) is 32.9 Å². The number of carboxylic acids is 1. The molecule has 1 amide bonds. The third kappa shape index (κ3) is 5.17. The maximum absolute atomic E-state index is 13.2. The maximum Gasteiger partial charge on any atom is 0.415 e. The quantitative estimate of drug-likeness (QED) is 0.590. The average Bonchev–Trinajstić information content (AvgIpc) is 3.11. The highest BCUT2D eigenvalue weighted by Gasteiger charge is 2.25. The Bertz CT molecular complexity index is 1190. The number of carbonyl (C=O) groups is 2. The Morgan fingerprint density at radius 1 is 1.09 bits per heavy atom. The van der Waals surface area contributed by atoms with Crippen LogP contribution in [0.2, 0.25) is 0 Å². The minimum absolute atomic E-state index is 0.225. The molecule has 1 N–H and O–H groups in total. The summed E-state index contributed by atoms with van der Waals surface area (Å²) in [6, 6.07) is 12.9. The molecule has 0 radical (unpaired) electrons. The van der Waals surface area contributed by atoms with E-state index in [0.29, 0.717) is 13.2 Å². The molecule has 1 aliphatic heterocycles. The van der Waals surface area contributed by atoms with Crippen molar-refractivity contribution in [1.29, 1.82) is 0 Å². The number of hydrogen-bond donors (Lipinski definition) is 1. The molecule has 1 saturated heterocycles. The van der Waals surface area contributed by atoms with Crippen LogP contribution in [-0.2, 0) is 23.1 Å². The topological polar surface area (TPSA) is 84.2 Å². The van der Waals surface area contributed by atoms with Crippen molar-refractivity contribution in [3.8, 4) is 0 Å². The monoisotopic (exact) mass is 465 g/mol. The molecule has 8 nitrogen and oxygen atoms in total. The van der Waals surface area contributed by atoms with E-state index >= 15 is 0 Å². The first-order valence-corrected chi connectivity index (χ1v) is 11.4. The summed E-state index contributed by atoms with van der Waals surface area (Å²) >= 11 is 0. The van der Waals surface area contributed by atoms with E-state index in [1.54, 1.807) is 23.1 Å². The van der Waals surface area contributed by atoms with E-state index in [1.807, 2.05) is 62.8 Å². The molecule has 1 aliphatic rings. The minimum atomic E-state index is -0.972. The summed E-state index contributed by atoms with van der Waals surface area (Å²) in [4.78, 5) is 28.5. The van der Waals surface area contributed by atoms with Crippen LogP contribution in [0.15, 0.2) is 48.7 Å². The van der Waals surface area contributed by atoms with Crippen LogP contribution in [0, 0.1) is 0 Å². The smallest absolute Gasteiger partial charge is 0.415 e. The lowest BCUT2D eigenvalue weighted by Gasteiger charge is -2.30. The lowest BCUT2D eigenvalue weighted by molar-refractivity contribution is 0.0576. The van der Waals surface area contributed by atoms with Crippen molar-refractivity contribution in [2.75, 3.05) is 36.1 Å². The van der Waals surface area contributed by atoms with Crippen molar-refractivity contribution < 1.29 is 24.2 Å². The van der Waals surface area contributed by atoms with Crippen molar-refractivity contribution in [3.63, 3.8) is 0 Å². The van der Waals surface area contributed by atoms with E-state index in [0.717, 1.165) is 40.9 Å². The molecular weight excluding hydrogens is 434 g/mol. The average molecular weight is 466 g/mol. The molecule has 3 aromatic rings. The normalized spacial score (nSPS) is 14.3. The van der Waals surface area contributed by atoms with Crippen LogP contribution < -0.4 is 9.80 Å². The number of carbonyl (C=O) groups excluding carboxylic acids is 1. The van der Waals surface area contributed by atoms with Crippen LogP contribution in [0.5, 0.6) is 0 Å². The number of ether oxygens (including phenoxy) is 2. The predicted molar refractivity (Wildman–Crippen MR) is 132 cm³/mol. The summed E-state index contributed by atoms with van der Waals surface area (Å²) in [7, 11) is 1.87. The number of hydrogen-bond acceptors (Lipinski definition) is 5. The van der Waals surface area contributed by atoms with Gasteiger partial charge < -0.3 is 24.0 Å². The summed E-state index contributed by atoms with van der Waals surface area (Å²) in [6.07, 6.45) is 1.49. The summed E-state index contributed by atoms with van der Waals surface area (Å²) in [5, 5.41) is 10.2. The lowest BCUT2D eigenvalue weighted by atomic mass is 10.1. The van der Waals surface area contributed by atoms with Gasteiger partial charge in [-0.25, -0.2) is 9.59 Å². The highest BCUT2D eigenvalue weighted by atomic mass is 16.6. The fourth-order valence-corrected chi connectivity index (χ4v) is 4.14. The van der Waals surface area contributed by atoms with Crippen LogP contribution in [0.4, 0.5) is 16.2 Å². The number of amides is 1. The second-order valence-electron chi connectivity index (χ2n) is 9.48. The van der Waals surface area contributed by atoms with Gasteiger partial charge in [0.25, 0.3) is 0 Å². The van der Waals surface area contributed by atoms with Gasteiger partial charge in [0.2, 0.25) is 0 Å². The van der Waals surface area contributed by atoms with Crippen LogP contribution in [0.25, 0.3) is 10.9 Å². The van der Waals surface area contributed by atoms with Crippen molar-refractivity contribution in [1.82, 2.24) is 4.57 Å². The standard InChI is InChI=1S/C26H31N3O5/c1-26(2,3)34-25(32)29(21-8-6-20(7-9-21)28-11-13-33-14-12-28)17-19-16-27(4)23-15-18(24(30)31)5-10-22(19)23/h5-10,15-16H,11-14,17H2,1-4H3,(H,30,31). The Kier molecular flexibility index (Phi) is 6.52. The maximum atomic E-state index is 13.2. The first-order valence-electron chi connectivity index (χ1n) is 11.4. The molecule has 2 aromatic carbocycles. The van der Waals surface area contributed by atoms with E-state index in [-0.39, 0.29) is 12.1 Å². The molecule has 4 rings (SSSR count). The first-order chi connectivity index (χ1) is 16.1. The summed E-state index contributed by atoms with van der Waals surface area (Å²) in [5.74, 6) is -0.972. The number of aryl methyl sites for hydroxylation is 1. The Morgan fingerprint density at radius 2 is 1.76 bits per heavy atom. The molecule has 0 saturated carbocycles. The third-order valence-corrected chi connectivity index (χ3v) is 5.80. The summed E-state index contributed by atoms with van der Waals surface area (Å²) in [6.45, 7) is 8.90. The van der Waals surface area contributed by atoms with E-state index in [4.69, 9.17) is 9.47 Å². The molecule has 1 fully saturated rings. The molecule has 0 atom stereocenters. The Labute approximate surface area is 199 Å². The molecule has 34 heavy (non-hydrogen) atoms. The van der Waals surface area contributed by atoms with Gasteiger partial charge in [-0.05, 0) is 62.7 Å². The van der Waals surface area contributed by atoms with E-state index in [1.165, 1.54) is 0 Å². The first kappa shape index (κ1) is 23.6. The van der Waals surface area contributed by atoms with Crippen LogP contribution >= 0.6 is 0 Å². The molecule has 0 aliphatic carbocycles. The molecule has 0 bridgehead atoms. The van der Waals surface area contributed by atoms with Crippen LogP contribution in [0.1, 0.15) is 36.7 Å². The number of aromatic carboxylic acids is 1. The van der Waals surface area contributed by atoms with Gasteiger partial charge in [0.1, 0.15) is 5.60 Å². The van der Waals surface area contributed by atoms with Gasteiger partial charge in [0, 0.05) is 48.6 Å². The molecule has 0 spiro atoms. The van der Waals surface area contributed by atoms with E-state index < -0.39 is 17.7 Å². The Morgan fingerprint density at radius 3 is 2.38 bits per heavy atom. The highest BCUT2D eigenvalue weighted by molar-refractivity contribution is 5.95. The number of aromatic nitrogens is 1. The van der Waals surface area contributed by atoms with Gasteiger partial charge in [-0.1, -0.05) is 6.07 Å². The van der Waals surface area contributed by atoms with Crippen molar-refractivity contribution >= 4 is 34.3 Å². The fraction of sp³-hybridized carbons (Fsp3) is 0.385. The Hall–Kier alpha value is -3.52. The zero-order valence-electron chi connectivity index (χ0n) is 20.1. The minimum Gasteiger partial charge on any atom is -0.478 e. The third-order valence-electron chi connectivity index (χ3n) is 5.80.